The number of amides is 1. The number of rotatable bonds is 5. The molecule has 0 bridgehead atoms. The van der Waals surface area contributed by atoms with E-state index in [-0.39, 0.29) is 17.6 Å². The number of carbonyl (C=O) groups is 1. The van der Waals surface area contributed by atoms with Crippen molar-refractivity contribution in [2.45, 2.75) is 32.2 Å². The second kappa shape index (κ2) is 7.92. The summed E-state index contributed by atoms with van der Waals surface area (Å²) in [6, 6.07) is 15.4. The van der Waals surface area contributed by atoms with E-state index in [0.717, 1.165) is 41.7 Å². The van der Waals surface area contributed by atoms with Crippen LogP contribution in [0.25, 0.3) is 11.0 Å². The average Bonchev–Trinajstić information content (AvgIpc) is 3.04. The van der Waals surface area contributed by atoms with Crippen LogP contribution in [0.1, 0.15) is 31.4 Å². The molecule has 1 aliphatic heterocycles. The Balaban J connectivity index is 1.50. The van der Waals surface area contributed by atoms with Crippen molar-refractivity contribution in [3.63, 3.8) is 0 Å². The summed E-state index contributed by atoms with van der Waals surface area (Å²) in [5.74, 6) is 0.876. The van der Waals surface area contributed by atoms with Crippen molar-refractivity contribution in [2.75, 3.05) is 19.7 Å². The molecule has 1 atom stereocenters. The minimum atomic E-state index is -0.107. The van der Waals surface area contributed by atoms with Crippen LogP contribution < -0.4 is 10.4 Å². The van der Waals surface area contributed by atoms with Crippen LogP contribution in [0.2, 0.25) is 0 Å². The van der Waals surface area contributed by atoms with Crippen molar-refractivity contribution in [3.05, 3.63) is 64.6 Å². The summed E-state index contributed by atoms with van der Waals surface area (Å²) in [4.78, 5) is 30.2. The lowest BCUT2D eigenvalue weighted by atomic mass is 10.0. The van der Waals surface area contributed by atoms with E-state index in [2.05, 4.69) is 4.98 Å². The summed E-state index contributed by atoms with van der Waals surface area (Å²) in [6.07, 6.45) is 2.13. The number of benzene rings is 2. The standard InChI is InChI=1S/C22H25N3O3/c1-2-28-18-9-5-7-16(13-18)14-21(26)24-12-6-8-17(15-24)25-20-11-4-3-10-19(20)23-22(25)27/h3-5,7,9-11,13,17H,2,6,8,12,14-15H2,1H3,(H,23,27)/t17-/m0/s1. The Morgan fingerprint density at radius 1 is 1.21 bits per heavy atom. The van der Waals surface area contributed by atoms with Crippen LogP contribution in [0, 0.1) is 0 Å². The molecule has 28 heavy (non-hydrogen) atoms. The van der Waals surface area contributed by atoms with Crippen LogP contribution in [0.4, 0.5) is 0 Å². The Morgan fingerprint density at radius 2 is 2.07 bits per heavy atom. The van der Waals surface area contributed by atoms with Gasteiger partial charge >= 0.3 is 5.69 Å². The number of hydrogen-bond acceptors (Lipinski definition) is 3. The first-order chi connectivity index (χ1) is 13.7. The normalized spacial score (nSPS) is 17.0. The maximum Gasteiger partial charge on any atom is 0.326 e. The molecule has 6 nitrogen and oxygen atoms in total. The van der Waals surface area contributed by atoms with Crippen LogP contribution in [0.5, 0.6) is 5.75 Å². The van der Waals surface area contributed by atoms with E-state index in [1.54, 1.807) is 0 Å². The molecule has 1 aliphatic rings. The lowest BCUT2D eigenvalue weighted by molar-refractivity contribution is -0.132. The predicted octanol–water partition coefficient (Wildman–Crippen LogP) is 3.13. The Kier molecular flexibility index (Phi) is 5.19. The molecule has 0 aliphatic carbocycles. The van der Waals surface area contributed by atoms with Gasteiger partial charge in [-0.25, -0.2) is 4.79 Å². The highest BCUT2D eigenvalue weighted by molar-refractivity contribution is 5.79. The van der Waals surface area contributed by atoms with Gasteiger partial charge in [-0.15, -0.1) is 0 Å². The maximum atomic E-state index is 12.9. The second-order valence-corrected chi connectivity index (χ2v) is 7.21. The Morgan fingerprint density at radius 3 is 2.93 bits per heavy atom. The third-order valence-electron chi connectivity index (χ3n) is 5.30. The second-order valence-electron chi connectivity index (χ2n) is 7.21. The lowest BCUT2D eigenvalue weighted by Crippen LogP contribution is -2.43. The van der Waals surface area contributed by atoms with Gasteiger partial charge in [-0.3, -0.25) is 9.36 Å². The third-order valence-corrected chi connectivity index (χ3v) is 5.30. The van der Waals surface area contributed by atoms with Gasteiger partial charge in [0.05, 0.1) is 30.1 Å². The van der Waals surface area contributed by atoms with Gasteiger partial charge in [0.15, 0.2) is 0 Å². The number of hydrogen-bond donors (Lipinski definition) is 1. The van der Waals surface area contributed by atoms with Crippen LogP contribution in [0.3, 0.4) is 0 Å². The Labute approximate surface area is 163 Å². The highest BCUT2D eigenvalue weighted by Crippen LogP contribution is 2.24. The summed E-state index contributed by atoms with van der Waals surface area (Å²) in [5.41, 5.74) is 2.58. The van der Waals surface area contributed by atoms with Crippen LogP contribution in [-0.2, 0) is 11.2 Å². The summed E-state index contributed by atoms with van der Waals surface area (Å²) in [7, 11) is 0. The first-order valence-electron chi connectivity index (χ1n) is 9.84. The molecule has 1 aromatic heterocycles. The molecule has 146 valence electrons. The molecule has 0 unspecified atom stereocenters. The molecule has 2 aromatic carbocycles. The monoisotopic (exact) mass is 379 g/mol. The number of nitrogens with zero attached hydrogens (tertiary/aromatic N) is 2. The molecular formula is C22H25N3O3. The van der Waals surface area contributed by atoms with E-state index >= 15 is 0 Å². The SMILES string of the molecule is CCOc1cccc(CC(=O)N2CCC[C@H](n3c(=O)[nH]c4ccccc43)C2)c1. The third kappa shape index (κ3) is 3.67. The van der Waals surface area contributed by atoms with Gasteiger partial charge in [-0.05, 0) is 49.6 Å². The van der Waals surface area contributed by atoms with E-state index in [9.17, 15) is 9.59 Å². The number of ether oxygens (including phenoxy) is 1. The van der Waals surface area contributed by atoms with Gasteiger partial charge in [-0.2, -0.15) is 0 Å². The topological polar surface area (TPSA) is 67.3 Å². The number of aromatic amines is 1. The van der Waals surface area contributed by atoms with Crippen LogP contribution in [-0.4, -0.2) is 40.1 Å². The molecule has 3 aromatic rings. The number of carbonyl (C=O) groups excluding carboxylic acids is 1. The average molecular weight is 379 g/mol. The highest BCUT2D eigenvalue weighted by Gasteiger charge is 2.27. The predicted molar refractivity (Wildman–Crippen MR) is 109 cm³/mol. The molecule has 4 rings (SSSR count). The van der Waals surface area contributed by atoms with E-state index < -0.39 is 0 Å². The van der Waals surface area contributed by atoms with Crippen molar-refractivity contribution < 1.29 is 9.53 Å². The molecule has 0 saturated carbocycles. The quantitative estimate of drug-likeness (QED) is 0.741. The zero-order valence-corrected chi connectivity index (χ0v) is 16.1. The number of para-hydroxylation sites is 2. The molecule has 1 saturated heterocycles. The van der Waals surface area contributed by atoms with E-state index in [1.807, 2.05) is 64.9 Å². The molecule has 0 radical (unpaired) electrons. The molecule has 2 heterocycles. The number of likely N-dealkylation sites (tertiary alicyclic amines) is 1. The Hall–Kier alpha value is -3.02. The summed E-state index contributed by atoms with van der Waals surface area (Å²) >= 11 is 0. The first kappa shape index (κ1) is 18.3. The number of imidazole rings is 1. The molecular weight excluding hydrogens is 354 g/mol. The molecule has 6 heteroatoms. The minimum absolute atomic E-state index is 0.00360. The van der Waals surface area contributed by atoms with Gasteiger partial charge in [0, 0.05) is 13.1 Å². The van der Waals surface area contributed by atoms with Crippen molar-refractivity contribution in [2.24, 2.45) is 0 Å². The Bertz CT molecular complexity index is 1040. The number of nitrogens with one attached hydrogen (secondary N) is 1. The number of piperidine rings is 1. The zero-order chi connectivity index (χ0) is 19.5. The van der Waals surface area contributed by atoms with Crippen LogP contribution in [0.15, 0.2) is 53.3 Å². The van der Waals surface area contributed by atoms with Gasteiger partial charge in [0.2, 0.25) is 5.91 Å². The summed E-state index contributed by atoms with van der Waals surface area (Å²) < 4.78 is 7.34. The van der Waals surface area contributed by atoms with E-state index in [1.165, 1.54) is 0 Å². The highest BCUT2D eigenvalue weighted by atomic mass is 16.5. The minimum Gasteiger partial charge on any atom is -0.494 e. The fraction of sp³-hybridized carbons (Fsp3) is 0.364. The molecule has 1 fully saturated rings. The smallest absolute Gasteiger partial charge is 0.326 e. The number of aromatic nitrogens is 2. The summed E-state index contributed by atoms with van der Waals surface area (Å²) in [6.45, 7) is 3.84. The maximum absolute atomic E-state index is 12.9. The number of fused-ring (bicyclic) bond motifs is 1. The van der Waals surface area contributed by atoms with Gasteiger partial charge in [-0.1, -0.05) is 24.3 Å². The molecule has 1 amide bonds. The van der Waals surface area contributed by atoms with Gasteiger partial charge in [0.1, 0.15) is 5.75 Å². The van der Waals surface area contributed by atoms with Gasteiger partial charge in [0.25, 0.3) is 0 Å². The lowest BCUT2D eigenvalue weighted by Gasteiger charge is -2.33. The van der Waals surface area contributed by atoms with Crippen LogP contribution >= 0.6 is 0 Å². The first-order valence-corrected chi connectivity index (χ1v) is 9.84. The largest absolute Gasteiger partial charge is 0.494 e. The van der Waals surface area contributed by atoms with Crippen molar-refractivity contribution in [1.82, 2.24) is 14.5 Å². The fourth-order valence-electron chi connectivity index (χ4n) is 4.03. The van der Waals surface area contributed by atoms with Crippen molar-refractivity contribution in [3.8, 4) is 5.75 Å². The number of H-pyrrole nitrogens is 1. The fourth-order valence-corrected chi connectivity index (χ4v) is 4.03. The van der Waals surface area contributed by atoms with Crippen molar-refractivity contribution >= 4 is 16.9 Å². The molecule has 0 spiro atoms. The van der Waals surface area contributed by atoms with E-state index in [0.29, 0.717) is 19.6 Å². The van der Waals surface area contributed by atoms with E-state index in [4.69, 9.17) is 4.74 Å². The van der Waals surface area contributed by atoms with Gasteiger partial charge < -0.3 is 14.6 Å². The summed E-state index contributed by atoms with van der Waals surface area (Å²) in [5, 5.41) is 0. The molecule has 1 N–H and O–H groups in total. The van der Waals surface area contributed by atoms with Crippen molar-refractivity contribution in [1.29, 1.82) is 0 Å². The zero-order valence-electron chi connectivity index (χ0n) is 16.1.